The summed E-state index contributed by atoms with van der Waals surface area (Å²) in [7, 11) is 0. The predicted molar refractivity (Wildman–Crippen MR) is 71.2 cm³/mol. The standard InChI is InChI=1S/C11H12F3N5S/c1-6(7-3-2-4-20-7)16-9-5-8(11(12,13)14)17-10(18-9)19-15/h2-6H,15H2,1H3,(H2,16,17,18,19). The van der Waals surface area contributed by atoms with E-state index in [1.54, 1.807) is 0 Å². The van der Waals surface area contributed by atoms with Gasteiger partial charge in [0.2, 0.25) is 5.95 Å². The number of nitrogens with one attached hydrogen (secondary N) is 2. The number of hydrazine groups is 1. The first kappa shape index (κ1) is 14.5. The molecule has 0 aliphatic heterocycles. The minimum Gasteiger partial charge on any atom is -0.363 e. The molecule has 2 heterocycles. The van der Waals surface area contributed by atoms with Crippen LogP contribution in [-0.2, 0) is 6.18 Å². The van der Waals surface area contributed by atoms with Crippen molar-refractivity contribution in [3.63, 3.8) is 0 Å². The number of hydrogen-bond donors (Lipinski definition) is 3. The summed E-state index contributed by atoms with van der Waals surface area (Å²) in [5.41, 5.74) is 0.974. The topological polar surface area (TPSA) is 75.9 Å². The number of rotatable bonds is 4. The molecule has 0 aromatic carbocycles. The summed E-state index contributed by atoms with van der Waals surface area (Å²) in [6, 6.07) is 4.43. The largest absolute Gasteiger partial charge is 0.433 e. The van der Waals surface area contributed by atoms with Gasteiger partial charge in [-0.25, -0.2) is 10.8 Å². The first-order valence-corrected chi connectivity index (χ1v) is 6.51. The lowest BCUT2D eigenvalue weighted by atomic mass is 10.2. The SMILES string of the molecule is CC(Nc1cc(C(F)(F)F)nc(NN)n1)c1cccs1. The normalized spacial score (nSPS) is 13.1. The summed E-state index contributed by atoms with van der Waals surface area (Å²) in [5.74, 6) is 4.85. The second kappa shape index (κ2) is 5.63. The number of nitrogens with zero attached hydrogens (tertiary/aromatic N) is 2. The van der Waals surface area contributed by atoms with Crippen LogP contribution in [0.3, 0.4) is 0 Å². The smallest absolute Gasteiger partial charge is 0.363 e. The number of hydrogen-bond acceptors (Lipinski definition) is 6. The first-order valence-electron chi connectivity index (χ1n) is 5.63. The molecule has 0 fully saturated rings. The van der Waals surface area contributed by atoms with E-state index in [1.807, 2.05) is 29.9 Å². The molecule has 0 saturated heterocycles. The van der Waals surface area contributed by atoms with Crippen LogP contribution in [0, 0.1) is 0 Å². The number of nitrogens with two attached hydrogens (primary N) is 1. The van der Waals surface area contributed by atoms with Gasteiger partial charge in [0, 0.05) is 10.9 Å². The molecular weight excluding hydrogens is 291 g/mol. The van der Waals surface area contributed by atoms with Gasteiger partial charge in [0.05, 0.1) is 6.04 Å². The monoisotopic (exact) mass is 303 g/mol. The number of alkyl halides is 3. The average Bonchev–Trinajstić information content (AvgIpc) is 2.91. The van der Waals surface area contributed by atoms with Crippen LogP contribution in [0.1, 0.15) is 23.5 Å². The zero-order valence-electron chi connectivity index (χ0n) is 10.4. The van der Waals surface area contributed by atoms with Crippen LogP contribution in [0.2, 0.25) is 0 Å². The van der Waals surface area contributed by atoms with E-state index in [4.69, 9.17) is 5.84 Å². The van der Waals surface area contributed by atoms with Crippen LogP contribution in [0.15, 0.2) is 23.6 Å². The van der Waals surface area contributed by atoms with Crippen LogP contribution in [0.25, 0.3) is 0 Å². The minimum atomic E-state index is -4.56. The van der Waals surface area contributed by atoms with Crippen molar-refractivity contribution in [2.45, 2.75) is 19.1 Å². The van der Waals surface area contributed by atoms with Crippen molar-refractivity contribution >= 4 is 23.1 Å². The molecule has 0 aliphatic carbocycles. The average molecular weight is 303 g/mol. The van der Waals surface area contributed by atoms with E-state index in [1.165, 1.54) is 11.3 Å². The second-order valence-electron chi connectivity index (χ2n) is 3.99. The first-order chi connectivity index (χ1) is 9.40. The maximum atomic E-state index is 12.7. The van der Waals surface area contributed by atoms with Gasteiger partial charge < -0.3 is 5.32 Å². The molecule has 0 saturated carbocycles. The molecule has 2 rings (SSSR count). The molecule has 0 radical (unpaired) electrons. The van der Waals surface area contributed by atoms with E-state index in [0.29, 0.717) is 0 Å². The summed E-state index contributed by atoms with van der Waals surface area (Å²) in [4.78, 5) is 8.13. The number of halogens is 3. The van der Waals surface area contributed by atoms with E-state index < -0.39 is 11.9 Å². The fourth-order valence-electron chi connectivity index (χ4n) is 1.56. The molecule has 1 atom stereocenters. The Kier molecular flexibility index (Phi) is 4.09. The lowest BCUT2D eigenvalue weighted by molar-refractivity contribution is -0.141. The van der Waals surface area contributed by atoms with E-state index in [0.717, 1.165) is 10.9 Å². The van der Waals surface area contributed by atoms with Crippen LogP contribution >= 0.6 is 11.3 Å². The summed E-state index contributed by atoms with van der Waals surface area (Å²) in [6.07, 6.45) is -4.56. The van der Waals surface area contributed by atoms with Gasteiger partial charge in [0.25, 0.3) is 0 Å². The van der Waals surface area contributed by atoms with Crippen molar-refractivity contribution in [3.8, 4) is 0 Å². The maximum Gasteiger partial charge on any atom is 0.433 e. The van der Waals surface area contributed by atoms with Crippen LogP contribution in [-0.4, -0.2) is 9.97 Å². The Labute approximate surface area is 117 Å². The highest BCUT2D eigenvalue weighted by Crippen LogP contribution is 2.30. The highest BCUT2D eigenvalue weighted by Gasteiger charge is 2.33. The third kappa shape index (κ3) is 3.36. The molecule has 0 aliphatic rings. The van der Waals surface area contributed by atoms with Gasteiger partial charge in [-0.2, -0.15) is 18.2 Å². The summed E-state index contributed by atoms with van der Waals surface area (Å²) >= 11 is 1.50. The van der Waals surface area contributed by atoms with Gasteiger partial charge >= 0.3 is 6.18 Å². The Bertz CT molecular complexity index is 570. The van der Waals surface area contributed by atoms with Crippen molar-refractivity contribution in [3.05, 3.63) is 34.2 Å². The number of anilines is 2. The van der Waals surface area contributed by atoms with E-state index in [-0.39, 0.29) is 17.8 Å². The van der Waals surface area contributed by atoms with E-state index in [2.05, 4.69) is 15.3 Å². The molecule has 0 bridgehead atoms. The van der Waals surface area contributed by atoms with Crippen molar-refractivity contribution < 1.29 is 13.2 Å². The van der Waals surface area contributed by atoms with Gasteiger partial charge in [-0.1, -0.05) is 6.07 Å². The third-order valence-corrected chi connectivity index (χ3v) is 3.54. The molecule has 0 amide bonds. The molecule has 4 N–H and O–H groups in total. The second-order valence-corrected chi connectivity index (χ2v) is 4.96. The van der Waals surface area contributed by atoms with Gasteiger partial charge in [-0.15, -0.1) is 11.3 Å². The quantitative estimate of drug-likeness (QED) is 0.598. The van der Waals surface area contributed by atoms with Crippen LogP contribution in [0.4, 0.5) is 24.9 Å². The molecule has 5 nitrogen and oxygen atoms in total. The van der Waals surface area contributed by atoms with Crippen molar-refractivity contribution in [1.82, 2.24) is 9.97 Å². The molecule has 9 heteroatoms. The van der Waals surface area contributed by atoms with Crippen LogP contribution < -0.4 is 16.6 Å². The van der Waals surface area contributed by atoms with Gasteiger partial charge in [-0.05, 0) is 18.4 Å². The van der Waals surface area contributed by atoms with Crippen LogP contribution in [0.5, 0.6) is 0 Å². The zero-order chi connectivity index (χ0) is 14.8. The number of aromatic nitrogens is 2. The summed E-state index contributed by atoms with van der Waals surface area (Å²) in [6.45, 7) is 1.83. The third-order valence-electron chi connectivity index (χ3n) is 2.48. The fourth-order valence-corrected chi connectivity index (χ4v) is 2.30. The molecule has 2 aromatic heterocycles. The molecule has 0 spiro atoms. The van der Waals surface area contributed by atoms with Gasteiger partial charge in [0.1, 0.15) is 5.82 Å². The predicted octanol–water partition coefficient (Wildman–Crippen LogP) is 3.02. The maximum absolute atomic E-state index is 12.7. The summed E-state index contributed by atoms with van der Waals surface area (Å²) in [5, 5.41) is 4.79. The van der Waals surface area contributed by atoms with Crippen molar-refractivity contribution in [2.75, 3.05) is 10.7 Å². The lowest BCUT2D eigenvalue weighted by Crippen LogP contribution is -2.17. The van der Waals surface area contributed by atoms with Gasteiger partial charge in [0.15, 0.2) is 5.69 Å². The van der Waals surface area contributed by atoms with Crippen molar-refractivity contribution in [2.24, 2.45) is 5.84 Å². The Hall–Kier alpha value is -1.87. The Morgan fingerprint density at radius 2 is 2.10 bits per heavy atom. The zero-order valence-corrected chi connectivity index (χ0v) is 11.2. The Balaban J connectivity index is 2.27. The Morgan fingerprint density at radius 3 is 2.65 bits per heavy atom. The molecular formula is C11H12F3N5S. The molecule has 2 aromatic rings. The lowest BCUT2D eigenvalue weighted by Gasteiger charge is -2.15. The molecule has 20 heavy (non-hydrogen) atoms. The number of nitrogen functional groups attached to an aromatic ring is 1. The number of thiophene rings is 1. The molecule has 108 valence electrons. The van der Waals surface area contributed by atoms with Crippen molar-refractivity contribution in [1.29, 1.82) is 0 Å². The highest BCUT2D eigenvalue weighted by molar-refractivity contribution is 7.10. The van der Waals surface area contributed by atoms with E-state index in [9.17, 15) is 13.2 Å². The fraction of sp³-hybridized carbons (Fsp3) is 0.273. The van der Waals surface area contributed by atoms with E-state index >= 15 is 0 Å². The highest BCUT2D eigenvalue weighted by atomic mass is 32.1. The Morgan fingerprint density at radius 1 is 1.35 bits per heavy atom. The summed E-state index contributed by atoms with van der Waals surface area (Å²) < 4.78 is 38.1. The minimum absolute atomic E-state index is 0.0566. The van der Waals surface area contributed by atoms with Gasteiger partial charge in [-0.3, -0.25) is 5.43 Å². The molecule has 1 unspecified atom stereocenters.